The first-order valence-corrected chi connectivity index (χ1v) is 4.29. The standard InChI is InChI=1S/C11H6N4/c12-6-9-2-1-8(5-10(9)7-13)11-3-4-14-15-11/h1-5H,(H,14,15). The normalized spacial score (nSPS) is 9.20. The van der Waals surface area contributed by atoms with Crippen LogP contribution < -0.4 is 0 Å². The minimum Gasteiger partial charge on any atom is -0.278 e. The zero-order chi connectivity index (χ0) is 10.7. The van der Waals surface area contributed by atoms with E-state index in [1.807, 2.05) is 18.2 Å². The van der Waals surface area contributed by atoms with Crippen molar-refractivity contribution in [3.05, 3.63) is 41.6 Å². The van der Waals surface area contributed by atoms with Crippen LogP contribution in [0.5, 0.6) is 0 Å². The number of nitriles is 2. The summed E-state index contributed by atoms with van der Waals surface area (Å²) in [7, 11) is 0. The van der Waals surface area contributed by atoms with Gasteiger partial charge in [-0.3, -0.25) is 5.10 Å². The Labute approximate surface area is 86.4 Å². The maximum Gasteiger partial charge on any atom is 0.101 e. The van der Waals surface area contributed by atoms with Gasteiger partial charge < -0.3 is 0 Å². The van der Waals surface area contributed by atoms with Crippen LogP contribution in [0, 0.1) is 22.7 Å². The molecule has 0 saturated carbocycles. The third-order valence-electron chi connectivity index (χ3n) is 2.07. The van der Waals surface area contributed by atoms with Crippen LogP contribution in [0.4, 0.5) is 0 Å². The second-order valence-corrected chi connectivity index (χ2v) is 2.95. The maximum atomic E-state index is 8.84. The first-order chi connectivity index (χ1) is 7.35. The lowest BCUT2D eigenvalue weighted by Gasteiger charge is -1.99. The van der Waals surface area contributed by atoms with Crippen LogP contribution in [-0.2, 0) is 0 Å². The summed E-state index contributed by atoms with van der Waals surface area (Å²) in [5.41, 5.74) is 2.45. The van der Waals surface area contributed by atoms with Crippen LogP contribution in [0.15, 0.2) is 30.5 Å². The Bertz CT molecular complexity index is 555. The smallest absolute Gasteiger partial charge is 0.101 e. The molecule has 0 spiro atoms. The summed E-state index contributed by atoms with van der Waals surface area (Å²) in [6, 6.07) is 10.9. The van der Waals surface area contributed by atoms with E-state index in [1.54, 1.807) is 24.4 Å². The number of hydrogen-bond donors (Lipinski definition) is 1. The second kappa shape index (κ2) is 3.65. The molecule has 0 aliphatic heterocycles. The van der Waals surface area contributed by atoms with Crippen LogP contribution in [-0.4, -0.2) is 10.2 Å². The van der Waals surface area contributed by atoms with Gasteiger partial charge in [-0.25, -0.2) is 0 Å². The molecule has 2 rings (SSSR count). The molecule has 2 aromatic rings. The molecular weight excluding hydrogens is 188 g/mol. The van der Waals surface area contributed by atoms with Crippen LogP contribution >= 0.6 is 0 Å². The van der Waals surface area contributed by atoms with Crippen molar-refractivity contribution < 1.29 is 0 Å². The van der Waals surface area contributed by atoms with Crippen molar-refractivity contribution in [3.8, 4) is 23.4 Å². The molecule has 0 amide bonds. The highest BCUT2D eigenvalue weighted by Crippen LogP contribution is 2.19. The van der Waals surface area contributed by atoms with Crippen LogP contribution in [0.1, 0.15) is 11.1 Å². The molecule has 70 valence electrons. The van der Waals surface area contributed by atoms with Crippen molar-refractivity contribution in [1.29, 1.82) is 10.5 Å². The summed E-state index contributed by atoms with van der Waals surface area (Å²) in [5.74, 6) is 0. The van der Waals surface area contributed by atoms with Crippen molar-refractivity contribution in [3.63, 3.8) is 0 Å². The highest BCUT2D eigenvalue weighted by molar-refractivity contribution is 5.63. The predicted molar refractivity (Wildman–Crippen MR) is 53.5 cm³/mol. The van der Waals surface area contributed by atoms with E-state index in [2.05, 4.69) is 10.2 Å². The van der Waals surface area contributed by atoms with E-state index in [0.717, 1.165) is 11.3 Å². The zero-order valence-electron chi connectivity index (χ0n) is 7.73. The van der Waals surface area contributed by atoms with Crippen LogP contribution in [0.25, 0.3) is 11.3 Å². The van der Waals surface area contributed by atoms with Crippen molar-refractivity contribution in [1.82, 2.24) is 10.2 Å². The fourth-order valence-electron chi connectivity index (χ4n) is 1.32. The minimum atomic E-state index is 0.379. The summed E-state index contributed by atoms with van der Waals surface area (Å²) < 4.78 is 0. The Hall–Kier alpha value is -2.59. The maximum absolute atomic E-state index is 8.84. The molecule has 1 N–H and O–H groups in total. The quantitative estimate of drug-likeness (QED) is 0.752. The highest BCUT2D eigenvalue weighted by atomic mass is 15.1. The molecule has 4 heteroatoms. The summed E-state index contributed by atoms with van der Waals surface area (Å²) in [4.78, 5) is 0. The van der Waals surface area contributed by atoms with Gasteiger partial charge in [0.25, 0.3) is 0 Å². The largest absolute Gasteiger partial charge is 0.278 e. The molecule has 0 atom stereocenters. The molecular formula is C11H6N4. The average molecular weight is 194 g/mol. The van der Waals surface area contributed by atoms with E-state index in [-0.39, 0.29) is 0 Å². The van der Waals surface area contributed by atoms with E-state index in [0.29, 0.717) is 11.1 Å². The third-order valence-corrected chi connectivity index (χ3v) is 2.07. The van der Waals surface area contributed by atoms with Gasteiger partial charge >= 0.3 is 0 Å². The van der Waals surface area contributed by atoms with Crippen molar-refractivity contribution >= 4 is 0 Å². The van der Waals surface area contributed by atoms with E-state index in [4.69, 9.17) is 10.5 Å². The number of hydrogen-bond acceptors (Lipinski definition) is 3. The Morgan fingerprint density at radius 2 is 1.87 bits per heavy atom. The second-order valence-electron chi connectivity index (χ2n) is 2.95. The summed E-state index contributed by atoms with van der Waals surface area (Å²) in [6.45, 7) is 0. The first kappa shape index (κ1) is 8.98. The Balaban J connectivity index is 2.56. The summed E-state index contributed by atoms with van der Waals surface area (Å²) in [6.07, 6.45) is 1.64. The highest BCUT2D eigenvalue weighted by Gasteiger charge is 2.04. The molecule has 1 aromatic heterocycles. The summed E-state index contributed by atoms with van der Waals surface area (Å²) in [5, 5.41) is 24.2. The van der Waals surface area contributed by atoms with Gasteiger partial charge in [0.2, 0.25) is 0 Å². The average Bonchev–Trinajstić information content (AvgIpc) is 2.81. The van der Waals surface area contributed by atoms with E-state index >= 15 is 0 Å². The van der Waals surface area contributed by atoms with Crippen LogP contribution in [0.2, 0.25) is 0 Å². The Morgan fingerprint density at radius 3 is 2.47 bits per heavy atom. The number of aromatic nitrogens is 2. The minimum absolute atomic E-state index is 0.379. The third kappa shape index (κ3) is 1.56. The molecule has 0 bridgehead atoms. The van der Waals surface area contributed by atoms with Gasteiger partial charge in [-0.05, 0) is 18.2 Å². The molecule has 15 heavy (non-hydrogen) atoms. The van der Waals surface area contributed by atoms with E-state index in [9.17, 15) is 0 Å². The van der Waals surface area contributed by atoms with Gasteiger partial charge in [-0.15, -0.1) is 0 Å². The molecule has 0 unspecified atom stereocenters. The Morgan fingerprint density at radius 1 is 1.07 bits per heavy atom. The molecule has 4 nitrogen and oxygen atoms in total. The van der Waals surface area contributed by atoms with Crippen molar-refractivity contribution in [2.24, 2.45) is 0 Å². The van der Waals surface area contributed by atoms with Gasteiger partial charge in [0.1, 0.15) is 12.1 Å². The van der Waals surface area contributed by atoms with Crippen LogP contribution in [0.3, 0.4) is 0 Å². The van der Waals surface area contributed by atoms with Gasteiger partial charge in [0.05, 0.1) is 16.8 Å². The lowest BCUT2D eigenvalue weighted by atomic mass is 10.0. The molecule has 1 heterocycles. The summed E-state index contributed by atoms with van der Waals surface area (Å²) >= 11 is 0. The van der Waals surface area contributed by atoms with Gasteiger partial charge in [-0.2, -0.15) is 15.6 Å². The molecule has 0 fully saturated rings. The van der Waals surface area contributed by atoms with Gasteiger partial charge in [-0.1, -0.05) is 6.07 Å². The van der Waals surface area contributed by atoms with E-state index < -0.39 is 0 Å². The number of benzene rings is 1. The fourth-order valence-corrected chi connectivity index (χ4v) is 1.32. The Kier molecular flexibility index (Phi) is 2.19. The molecule has 0 saturated heterocycles. The van der Waals surface area contributed by atoms with Gasteiger partial charge in [0, 0.05) is 11.8 Å². The fraction of sp³-hybridized carbons (Fsp3) is 0. The number of nitrogens with one attached hydrogen (secondary N) is 1. The molecule has 0 aliphatic rings. The zero-order valence-corrected chi connectivity index (χ0v) is 7.73. The topological polar surface area (TPSA) is 76.3 Å². The number of rotatable bonds is 1. The lowest BCUT2D eigenvalue weighted by molar-refractivity contribution is 1.09. The molecule has 0 radical (unpaired) electrons. The van der Waals surface area contributed by atoms with Crippen molar-refractivity contribution in [2.75, 3.05) is 0 Å². The monoisotopic (exact) mass is 194 g/mol. The number of aromatic amines is 1. The predicted octanol–water partition coefficient (Wildman–Crippen LogP) is 1.82. The van der Waals surface area contributed by atoms with Crippen molar-refractivity contribution in [2.45, 2.75) is 0 Å². The first-order valence-electron chi connectivity index (χ1n) is 4.29. The van der Waals surface area contributed by atoms with Gasteiger partial charge in [0.15, 0.2) is 0 Å². The molecule has 1 aromatic carbocycles. The SMILES string of the molecule is N#Cc1ccc(-c2ccn[nH]2)cc1C#N. The lowest BCUT2D eigenvalue weighted by Crippen LogP contribution is -1.85. The van der Waals surface area contributed by atoms with E-state index in [1.165, 1.54) is 0 Å². The molecule has 0 aliphatic carbocycles. The number of H-pyrrole nitrogens is 1. The number of nitrogens with zero attached hydrogens (tertiary/aromatic N) is 3.